The van der Waals surface area contributed by atoms with Crippen molar-refractivity contribution in [2.45, 2.75) is 38.6 Å². The lowest BCUT2D eigenvalue weighted by atomic mass is 9.99. The van der Waals surface area contributed by atoms with Crippen molar-refractivity contribution in [3.63, 3.8) is 0 Å². The third-order valence-electron chi connectivity index (χ3n) is 5.82. The molecule has 7 nitrogen and oxygen atoms in total. The van der Waals surface area contributed by atoms with Crippen LogP contribution in [0.15, 0.2) is 36.7 Å². The van der Waals surface area contributed by atoms with Crippen molar-refractivity contribution in [2.75, 3.05) is 23.7 Å². The molecule has 3 heterocycles. The van der Waals surface area contributed by atoms with E-state index in [0.29, 0.717) is 23.4 Å². The highest BCUT2D eigenvalue weighted by Crippen LogP contribution is 2.29. The summed E-state index contributed by atoms with van der Waals surface area (Å²) in [5.41, 5.74) is 16.8. The number of anilines is 2. The Morgan fingerprint density at radius 1 is 1.32 bits per heavy atom. The molecule has 1 aliphatic heterocycles. The first-order chi connectivity index (χ1) is 15.0. The Kier molecular flexibility index (Phi) is 5.83. The number of nitriles is 1. The lowest BCUT2D eigenvalue weighted by Crippen LogP contribution is -2.43. The summed E-state index contributed by atoms with van der Waals surface area (Å²) >= 11 is 0. The number of piperidine rings is 1. The quantitative estimate of drug-likeness (QED) is 0.615. The minimum atomic E-state index is -0.194. The molecule has 2 aromatic heterocycles. The van der Waals surface area contributed by atoms with Gasteiger partial charge in [-0.05, 0) is 37.0 Å². The Bertz CT molecular complexity index is 1180. The zero-order valence-electron chi connectivity index (χ0n) is 17.6. The Balaban J connectivity index is 1.70. The van der Waals surface area contributed by atoms with E-state index in [1.165, 1.54) is 0 Å². The van der Waals surface area contributed by atoms with Crippen LogP contribution in [0.2, 0.25) is 0 Å². The van der Waals surface area contributed by atoms with Crippen LogP contribution >= 0.6 is 0 Å². The third kappa shape index (κ3) is 4.21. The van der Waals surface area contributed by atoms with Crippen LogP contribution in [-0.2, 0) is 12.8 Å². The number of aromatic nitrogens is 2. The van der Waals surface area contributed by atoms with Crippen LogP contribution in [0.1, 0.15) is 46.9 Å². The average Bonchev–Trinajstić information content (AvgIpc) is 2.78. The molecular weight excluding hydrogens is 388 g/mol. The van der Waals surface area contributed by atoms with Gasteiger partial charge in [0.1, 0.15) is 11.8 Å². The molecular formula is C24H26N6O. The number of rotatable bonds is 5. The molecule has 0 aliphatic carbocycles. The average molecular weight is 415 g/mol. The van der Waals surface area contributed by atoms with E-state index in [9.17, 15) is 10.1 Å². The van der Waals surface area contributed by atoms with Crippen molar-refractivity contribution in [1.82, 2.24) is 9.97 Å². The fraction of sp³-hybridized carbons (Fsp3) is 0.333. The van der Waals surface area contributed by atoms with Gasteiger partial charge in [0.15, 0.2) is 5.78 Å². The molecule has 0 unspecified atom stereocenters. The molecule has 158 valence electrons. The number of carbonyl (C=O) groups is 1. The second-order valence-electron chi connectivity index (χ2n) is 8.06. The number of ketones is 1. The number of aryl methyl sites for hydroxylation is 1. The third-order valence-corrected chi connectivity index (χ3v) is 5.82. The number of pyridine rings is 2. The highest BCUT2D eigenvalue weighted by Gasteiger charge is 2.24. The van der Waals surface area contributed by atoms with Crippen LogP contribution < -0.4 is 16.4 Å². The molecule has 1 fully saturated rings. The van der Waals surface area contributed by atoms with Gasteiger partial charge in [0, 0.05) is 48.9 Å². The van der Waals surface area contributed by atoms with E-state index in [0.717, 1.165) is 48.0 Å². The Morgan fingerprint density at radius 2 is 2.16 bits per heavy atom. The number of hydrogen-bond donors (Lipinski definition) is 2. The maximum absolute atomic E-state index is 13.2. The van der Waals surface area contributed by atoms with Gasteiger partial charge in [-0.15, -0.1) is 0 Å². The molecule has 0 radical (unpaired) electrons. The van der Waals surface area contributed by atoms with Crippen molar-refractivity contribution < 1.29 is 4.79 Å². The van der Waals surface area contributed by atoms with Crippen molar-refractivity contribution in [2.24, 2.45) is 5.73 Å². The monoisotopic (exact) mass is 414 g/mol. The maximum Gasteiger partial charge on any atom is 0.187 e. The summed E-state index contributed by atoms with van der Waals surface area (Å²) in [6.07, 6.45) is 6.05. The number of hydrogen-bond acceptors (Lipinski definition) is 7. The first-order valence-corrected chi connectivity index (χ1v) is 10.6. The number of nitrogen functional groups attached to an aromatic ring is 1. The van der Waals surface area contributed by atoms with E-state index >= 15 is 0 Å². The molecule has 4 N–H and O–H groups in total. The van der Waals surface area contributed by atoms with Crippen LogP contribution in [0.5, 0.6) is 0 Å². The number of nitrogens with zero attached hydrogens (tertiary/aromatic N) is 4. The molecule has 1 atom stereocenters. The Hall–Kier alpha value is -3.50. The van der Waals surface area contributed by atoms with Gasteiger partial charge in [0.05, 0.1) is 22.5 Å². The molecule has 0 amide bonds. The number of Topliss-reactive ketones (excluding diaryl/α,β-unsaturated/α-hetero) is 1. The largest absolute Gasteiger partial charge is 0.397 e. The van der Waals surface area contributed by atoms with Crippen molar-refractivity contribution in [3.05, 3.63) is 59.0 Å². The van der Waals surface area contributed by atoms with Crippen molar-refractivity contribution in [3.8, 4) is 6.07 Å². The van der Waals surface area contributed by atoms with E-state index < -0.39 is 0 Å². The van der Waals surface area contributed by atoms with E-state index in [2.05, 4.69) is 27.9 Å². The molecule has 7 heteroatoms. The summed E-state index contributed by atoms with van der Waals surface area (Å²) in [6.45, 7) is 3.52. The minimum absolute atomic E-state index is 0.0440. The summed E-state index contributed by atoms with van der Waals surface area (Å²) in [7, 11) is 0. The molecule has 0 saturated carbocycles. The fourth-order valence-electron chi connectivity index (χ4n) is 4.22. The van der Waals surface area contributed by atoms with Gasteiger partial charge in [-0.2, -0.15) is 5.26 Å². The highest BCUT2D eigenvalue weighted by atomic mass is 16.1. The SMILES string of the molecule is CCc1ccc2cc(N)c(C(=O)Cc3cncc(C#N)c3N3CCC[C@H](N)C3)nc2c1. The molecule has 1 aliphatic rings. The van der Waals surface area contributed by atoms with Crippen LogP contribution in [-0.4, -0.2) is 34.9 Å². The summed E-state index contributed by atoms with van der Waals surface area (Å²) in [6, 6.07) is 10.1. The number of fused-ring (bicyclic) bond motifs is 1. The van der Waals surface area contributed by atoms with E-state index in [1.807, 2.05) is 18.2 Å². The summed E-state index contributed by atoms with van der Waals surface area (Å²) < 4.78 is 0. The second-order valence-corrected chi connectivity index (χ2v) is 8.06. The molecule has 1 aromatic carbocycles. The fourth-order valence-corrected chi connectivity index (χ4v) is 4.22. The van der Waals surface area contributed by atoms with Gasteiger partial charge in [-0.25, -0.2) is 4.98 Å². The first kappa shape index (κ1) is 20.8. The van der Waals surface area contributed by atoms with Gasteiger partial charge >= 0.3 is 0 Å². The normalized spacial score (nSPS) is 16.3. The maximum atomic E-state index is 13.2. The Morgan fingerprint density at radius 3 is 2.90 bits per heavy atom. The molecule has 0 spiro atoms. The van der Waals surface area contributed by atoms with Crippen LogP contribution in [0, 0.1) is 11.3 Å². The van der Waals surface area contributed by atoms with Gasteiger partial charge in [-0.1, -0.05) is 19.1 Å². The van der Waals surface area contributed by atoms with E-state index in [4.69, 9.17) is 11.5 Å². The summed E-state index contributed by atoms with van der Waals surface area (Å²) in [5.74, 6) is -0.194. The number of carbonyl (C=O) groups excluding carboxylic acids is 1. The van der Waals surface area contributed by atoms with Gasteiger partial charge in [0.2, 0.25) is 0 Å². The van der Waals surface area contributed by atoms with Gasteiger partial charge < -0.3 is 16.4 Å². The smallest absolute Gasteiger partial charge is 0.187 e. The van der Waals surface area contributed by atoms with Gasteiger partial charge in [-0.3, -0.25) is 9.78 Å². The second kappa shape index (κ2) is 8.70. The molecule has 4 rings (SSSR count). The molecule has 3 aromatic rings. The summed E-state index contributed by atoms with van der Waals surface area (Å²) in [5, 5.41) is 10.5. The molecule has 0 bridgehead atoms. The van der Waals surface area contributed by atoms with E-state index in [1.54, 1.807) is 18.5 Å². The van der Waals surface area contributed by atoms with Crippen molar-refractivity contribution >= 4 is 28.1 Å². The predicted octanol–water partition coefficient (Wildman–Crippen LogP) is 3.00. The predicted molar refractivity (Wildman–Crippen MR) is 122 cm³/mol. The zero-order chi connectivity index (χ0) is 22.0. The zero-order valence-corrected chi connectivity index (χ0v) is 17.6. The lowest BCUT2D eigenvalue weighted by molar-refractivity contribution is 0.0989. The minimum Gasteiger partial charge on any atom is -0.397 e. The standard InChI is InChI=1S/C24H26N6O/c1-2-15-5-6-16-9-20(27)23(29-21(16)8-15)22(31)10-17-12-28-13-18(11-25)24(17)30-7-3-4-19(26)14-30/h5-6,8-9,12-13,19H,2-4,7,10,14,26-27H2,1H3/t19-/m0/s1. The molecule has 31 heavy (non-hydrogen) atoms. The van der Waals surface area contributed by atoms with Crippen molar-refractivity contribution in [1.29, 1.82) is 5.26 Å². The van der Waals surface area contributed by atoms with Crippen LogP contribution in [0.3, 0.4) is 0 Å². The summed E-state index contributed by atoms with van der Waals surface area (Å²) in [4.78, 5) is 24.1. The number of nitrogens with two attached hydrogens (primary N) is 2. The number of benzene rings is 1. The molecule has 1 saturated heterocycles. The lowest BCUT2D eigenvalue weighted by Gasteiger charge is -2.34. The van der Waals surface area contributed by atoms with Crippen LogP contribution in [0.25, 0.3) is 10.9 Å². The first-order valence-electron chi connectivity index (χ1n) is 10.6. The van der Waals surface area contributed by atoms with Crippen LogP contribution in [0.4, 0.5) is 11.4 Å². The highest BCUT2D eigenvalue weighted by molar-refractivity contribution is 6.03. The Labute approximate surface area is 181 Å². The van der Waals surface area contributed by atoms with Gasteiger partial charge in [0.25, 0.3) is 0 Å². The topological polar surface area (TPSA) is 122 Å². The van der Waals surface area contributed by atoms with E-state index in [-0.39, 0.29) is 23.9 Å².